The molecule has 0 bridgehead atoms. The van der Waals surface area contributed by atoms with E-state index in [1.165, 1.54) is 12.3 Å². The third-order valence-corrected chi connectivity index (χ3v) is 3.74. The molecule has 2 rings (SSSR count). The van der Waals surface area contributed by atoms with Gasteiger partial charge in [-0.05, 0) is 19.3 Å². The summed E-state index contributed by atoms with van der Waals surface area (Å²) in [5.74, 6) is -0.678. The summed E-state index contributed by atoms with van der Waals surface area (Å²) in [5.41, 5.74) is 5.22. The van der Waals surface area contributed by atoms with Gasteiger partial charge in [-0.15, -0.1) is 0 Å². The third kappa shape index (κ3) is 4.80. The Morgan fingerprint density at radius 2 is 2.35 bits per heavy atom. The molecule has 1 fully saturated rings. The standard InChI is InChI=1S/C16H24N2O5/c1-2-3-8-22-13-12(19)5-9-23-14(13)15(20)18-10-16(17)6-4-7-21-11-16/h5,9H,2-4,6-8,10-11,17H2,1H3,(H,18,20). The third-order valence-electron chi connectivity index (χ3n) is 3.74. The second-order valence-corrected chi connectivity index (χ2v) is 5.85. The van der Waals surface area contributed by atoms with Crippen molar-refractivity contribution in [2.45, 2.75) is 38.1 Å². The van der Waals surface area contributed by atoms with Crippen LogP contribution in [-0.2, 0) is 4.74 Å². The molecule has 7 nitrogen and oxygen atoms in total. The fourth-order valence-electron chi connectivity index (χ4n) is 2.37. The van der Waals surface area contributed by atoms with Crippen LogP contribution < -0.4 is 21.2 Å². The van der Waals surface area contributed by atoms with Gasteiger partial charge in [-0.25, -0.2) is 0 Å². The minimum absolute atomic E-state index is 0.0515. The number of carbonyl (C=O) groups is 1. The first kappa shape index (κ1) is 17.5. The molecule has 0 saturated carbocycles. The van der Waals surface area contributed by atoms with Gasteiger partial charge in [-0.2, -0.15) is 0 Å². The van der Waals surface area contributed by atoms with Gasteiger partial charge in [-0.3, -0.25) is 9.59 Å². The number of nitrogens with two attached hydrogens (primary N) is 1. The lowest BCUT2D eigenvalue weighted by Gasteiger charge is -2.33. The van der Waals surface area contributed by atoms with Gasteiger partial charge in [0.05, 0.1) is 25.0 Å². The molecule has 0 aromatic carbocycles. The first-order valence-electron chi connectivity index (χ1n) is 7.95. The maximum absolute atomic E-state index is 12.3. The summed E-state index contributed by atoms with van der Waals surface area (Å²) in [4.78, 5) is 24.2. The number of unbranched alkanes of at least 4 members (excludes halogenated alkanes) is 1. The van der Waals surface area contributed by atoms with E-state index in [0.717, 1.165) is 25.7 Å². The first-order valence-corrected chi connectivity index (χ1v) is 7.95. The van der Waals surface area contributed by atoms with Gasteiger partial charge in [0.25, 0.3) is 5.91 Å². The molecule has 0 radical (unpaired) electrons. The second-order valence-electron chi connectivity index (χ2n) is 5.85. The molecule has 1 aromatic rings. The van der Waals surface area contributed by atoms with Crippen LogP contribution in [0.4, 0.5) is 0 Å². The fraction of sp³-hybridized carbons (Fsp3) is 0.625. The van der Waals surface area contributed by atoms with Gasteiger partial charge in [0.2, 0.25) is 16.9 Å². The Hall–Kier alpha value is -1.86. The van der Waals surface area contributed by atoms with E-state index in [1.54, 1.807) is 0 Å². The number of nitrogens with one attached hydrogen (secondary N) is 1. The van der Waals surface area contributed by atoms with Crippen molar-refractivity contribution >= 4 is 5.91 Å². The van der Waals surface area contributed by atoms with Crippen LogP contribution in [0.25, 0.3) is 0 Å². The van der Waals surface area contributed by atoms with Crippen molar-refractivity contribution in [1.82, 2.24) is 5.32 Å². The molecule has 1 amide bonds. The van der Waals surface area contributed by atoms with Crippen LogP contribution in [-0.4, -0.2) is 37.8 Å². The van der Waals surface area contributed by atoms with Crippen molar-refractivity contribution < 1.29 is 18.7 Å². The molecular formula is C16H24N2O5. The highest BCUT2D eigenvalue weighted by atomic mass is 16.5. The Bertz CT molecular complexity index is 578. The maximum atomic E-state index is 12.3. The van der Waals surface area contributed by atoms with Crippen molar-refractivity contribution in [1.29, 1.82) is 0 Å². The minimum Gasteiger partial charge on any atom is -0.486 e. The molecule has 3 N–H and O–H groups in total. The lowest BCUT2D eigenvalue weighted by atomic mass is 9.94. The van der Waals surface area contributed by atoms with Gasteiger partial charge < -0.3 is 24.9 Å². The highest BCUT2D eigenvalue weighted by Gasteiger charge is 2.30. The van der Waals surface area contributed by atoms with E-state index in [9.17, 15) is 9.59 Å². The van der Waals surface area contributed by atoms with Crippen molar-refractivity contribution in [3.8, 4) is 5.75 Å². The monoisotopic (exact) mass is 324 g/mol. The summed E-state index contributed by atoms with van der Waals surface area (Å²) >= 11 is 0. The molecule has 1 atom stereocenters. The predicted molar refractivity (Wildman–Crippen MR) is 84.7 cm³/mol. The Morgan fingerprint density at radius 1 is 1.52 bits per heavy atom. The molecule has 1 aliphatic rings. The topological polar surface area (TPSA) is 104 Å². The summed E-state index contributed by atoms with van der Waals surface area (Å²) in [6.45, 7) is 3.71. The molecule has 1 saturated heterocycles. The summed E-state index contributed by atoms with van der Waals surface area (Å²) in [6, 6.07) is 1.23. The van der Waals surface area contributed by atoms with E-state index in [1.807, 2.05) is 6.92 Å². The second kappa shape index (κ2) is 8.12. The number of hydrogen-bond acceptors (Lipinski definition) is 6. The maximum Gasteiger partial charge on any atom is 0.291 e. The van der Waals surface area contributed by atoms with Crippen LogP contribution in [0.5, 0.6) is 5.75 Å². The molecule has 2 heterocycles. The molecule has 1 aromatic heterocycles. The average Bonchev–Trinajstić information content (AvgIpc) is 2.55. The zero-order valence-corrected chi connectivity index (χ0v) is 13.4. The SMILES string of the molecule is CCCCOc1c(C(=O)NCC2(N)CCCOC2)occc1=O. The Balaban J connectivity index is 2.03. The number of rotatable bonds is 7. The van der Waals surface area contributed by atoms with Crippen LogP contribution in [0.15, 0.2) is 21.5 Å². The van der Waals surface area contributed by atoms with E-state index in [0.29, 0.717) is 19.8 Å². The Kier molecular flexibility index (Phi) is 6.18. The quantitative estimate of drug-likeness (QED) is 0.727. The summed E-state index contributed by atoms with van der Waals surface area (Å²) < 4.78 is 16.0. The molecule has 128 valence electrons. The largest absolute Gasteiger partial charge is 0.486 e. The van der Waals surface area contributed by atoms with Crippen molar-refractivity contribution in [2.24, 2.45) is 5.73 Å². The Labute approximate surface area is 135 Å². The normalized spacial score (nSPS) is 21.0. The van der Waals surface area contributed by atoms with E-state index >= 15 is 0 Å². The van der Waals surface area contributed by atoms with Gasteiger partial charge >= 0.3 is 0 Å². The van der Waals surface area contributed by atoms with E-state index < -0.39 is 11.4 Å². The van der Waals surface area contributed by atoms with Crippen LogP contribution in [0, 0.1) is 0 Å². The number of carbonyl (C=O) groups excluding carboxylic acids is 1. The molecule has 1 aliphatic heterocycles. The average molecular weight is 324 g/mol. The van der Waals surface area contributed by atoms with Gasteiger partial charge in [0.15, 0.2) is 0 Å². The van der Waals surface area contributed by atoms with Crippen LogP contribution in [0.2, 0.25) is 0 Å². The van der Waals surface area contributed by atoms with Crippen LogP contribution >= 0.6 is 0 Å². The zero-order valence-electron chi connectivity index (χ0n) is 13.4. The lowest BCUT2D eigenvalue weighted by Crippen LogP contribution is -2.55. The molecule has 1 unspecified atom stereocenters. The molecule has 23 heavy (non-hydrogen) atoms. The van der Waals surface area contributed by atoms with Gasteiger partial charge in [0, 0.05) is 19.2 Å². The Morgan fingerprint density at radius 3 is 3.04 bits per heavy atom. The first-order chi connectivity index (χ1) is 11.1. The van der Waals surface area contributed by atoms with Crippen molar-refractivity contribution in [3.63, 3.8) is 0 Å². The van der Waals surface area contributed by atoms with Crippen LogP contribution in [0.3, 0.4) is 0 Å². The summed E-state index contributed by atoms with van der Waals surface area (Å²) in [5, 5.41) is 2.71. The van der Waals surface area contributed by atoms with Crippen LogP contribution in [0.1, 0.15) is 43.2 Å². The van der Waals surface area contributed by atoms with Gasteiger partial charge in [0.1, 0.15) is 0 Å². The number of hydrogen-bond donors (Lipinski definition) is 2. The molecular weight excluding hydrogens is 300 g/mol. The predicted octanol–water partition coefficient (Wildman–Crippen LogP) is 1.06. The summed E-state index contributed by atoms with van der Waals surface area (Å²) in [6.07, 6.45) is 4.53. The fourth-order valence-corrected chi connectivity index (χ4v) is 2.37. The molecule has 7 heteroatoms. The van der Waals surface area contributed by atoms with E-state index in [2.05, 4.69) is 5.32 Å². The van der Waals surface area contributed by atoms with Crippen molar-refractivity contribution in [2.75, 3.05) is 26.4 Å². The smallest absolute Gasteiger partial charge is 0.291 e. The van der Waals surface area contributed by atoms with E-state index in [4.69, 9.17) is 19.6 Å². The molecule has 0 spiro atoms. The number of ether oxygens (including phenoxy) is 2. The summed E-state index contributed by atoms with van der Waals surface area (Å²) in [7, 11) is 0. The van der Waals surface area contributed by atoms with Crippen molar-refractivity contribution in [3.05, 3.63) is 28.3 Å². The van der Waals surface area contributed by atoms with E-state index in [-0.39, 0.29) is 23.5 Å². The zero-order chi connectivity index (χ0) is 16.7. The number of amides is 1. The molecule has 0 aliphatic carbocycles. The highest BCUT2D eigenvalue weighted by Crippen LogP contribution is 2.17. The van der Waals surface area contributed by atoms with Gasteiger partial charge in [-0.1, -0.05) is 13.3 Å². The highest BCUT2D eigenvalue weighted by molar-refractivity contribution is 5.93. The lowest BCUT2D eigenvalue weighted by molar-refractivity contribution is 0.0373. The minimum atomic E-state index is -0.591.